The zero-order valence-corrected chi connectivity index (χ0v) is 24.1. The minimum Gasteiger partial charge on any atom is -0.481 e. The second kappa shape index (κ2) is 11.9. The van der Waals surface area contributed by atoms with E-state index in [9.17, 15) is 9.18 Å². The van der Waals surface area contributed by atoms with Gasteiger partial charge in [-0.15, -0.1) is 0 Å². The van der Waals surface area contributed by atoms with Crippen LogP contribution in [0.2, 0.25) is 0 Å². The van der Waals surface area contributed by atoms with Crippen molar-refractivity contribution in [2.45, 2.75) is 70.1 Å². The number of aryl methyl sites for hydroxylation is 1. The number of amides is 1. The standard InChI is InChI=1S/C32H40FN5O3/c1-23-11-12-24(21-26(23)33)38-22-28(41-31(38)39)32(36-17-7-3-4-8-18-36,37-19-9-5-6-10-20-37)25-15-16-34-27-13-14-29(40-2)35-30(25)27/h11-16,21,28H,3-10,17-20,22H2,1-2H3/t28-/m1/s1. The first-order chi connectivity index (χ1) is 20.0. The number of halogens is 1. The molecule has 3 saturated heterocycles. The zero-order valence-electron chi connectivity index (χ0n) is 24.1. The summed E-state index contributed by atoms with van der Waals surface area (Å²) in [5.74, 6) is 0.189. The molecule has 3 fully saturated rings. The first-order valence-corrected chi connectivity index (χ1v) is 15.1. The number of fused-ring (bicyclic) bond motifs is 1. The van der Waals surface area contributed by atoms with Gasteiger partial charge in [0.25, 0.3) is 0 Å². The maximum absolute atomic E-state index is 14.7. The fourth-order valence-electron chi connectivity index (χ4n) is 7.00. The Kier molecular flexibility index (Phi) is 8.08. The van der Waals surface area contributed by atoms with E-state index in [2.05, 4.69) is 20.9 Å². The summed E-state index contributed by atoms with van der Waals surface area (Å²) in [7, 11) is 1.62. The van der Waals surface area contributed by atoms with Gasteiger partial charge in [-0.25, -0.2) is 14.2 Å². The van der Waals surface area contributed by atoms with Gasteiger partial charge in [-0.1, -0.05) is 31.7 Å². The Morgan fingerprint density at radius 1 is 0.927 bits per heavy atom. The van der Waals surface area contributed by atoms with Crippen LogP contribution in [0.3, 0.4) is 0 Å². The lowest BCUT2D eigenvalue weighted by Crippen LogP contribution is -2.66. The van der Waals surface area contributed by atoms with E-state index in [4.69, 9.17) is 14.5 Å². The molecule has 0 saturated carbocycles. The molecule has 6 rings (SSSR count). The van der Waals surface area contributed by atoms with Gasteiger partial charge >= 0.3 is 6.09 Å². The van der Waals surface area contributed by atoms with Crippen molar-refractivity contribution in [3.05, 3.63) is 59.5 Å². The van der Waals surface area contributed by atoms with Crippen molar-refractivity contribution >= 4 is 22.8 Å². The molecule has 0 spiro atoms. The lowest BCUT2D eigenvalue weighted by Gasteiger charge is -2.53. The van der Waals surface area contributed by atoms with Crippen molar-refractivity contribution < 1.29 is 18.7 Å². The van der Waals surface area contributed by atoms with Gasteiger partial charge in [0.2, 0.25) is 5.88 Å². The van der Waals surface area contributed by atoms with Crippen LogP contribution < -0.4 is 9.64 Å². The highest BCUT2D eigenvalue weighted by Crippen LogP contribution is 2.45. The predicted molar refractivity (Wildman–Crippen MR) is 157 cm³/mol. The van der Waals surface area contributed by atoms with E-state index < -0.39 is 17.9 Å². The summed E-state index contributed by atoms with van der Waals surface area (Å²) in [4.78, 5) is 29.9. The highest BCUT2D eigenvalue weighted by molar-refractivity contribution is 5.90. The van der Waals surface area contributed by atoms with Crippen LogP contribution in [0.4, 0.5) is 14.9 Å². The summed E-state index contributed by atoms with van der Waals surface area (Å²) in [5, 5.41) is 0. The summed E-state index contributed by atoms with van der Waals surface area (Å²) < 4.78 is 26.6. The molecule has 8 nitrogen and oxygen atoms in total. The van der Waals surface area contributed by atoms with Crippen molar-refractivity contribution in [2.75, 3.05) is 44.7 Å². The Labute approximate surface area is 241 Å². The Morgan fingerprint density at radius 3 is 2.20 bits per heavy atom. The fraction of sp³-hybridized carbons (Fsp3) is 0.531. The molecule has 0 unspecified atom stereocenters. The molecule has 0 bridgehead atoms. The molecule has 41 heavy (non-hydrogen) atoms. The molecular formula is C32H40FN5O3. The Bertz CT molecular complexity index is 1370. The van der Waals surface area contributed by atoms with Gasteiger partial charge in [0.1, 0.15) is 11.5 Å². The number of anilines is 1. The van der Waals surface area contributed by atoms with Gasteiger partial charge in [-0.2, -0.15) is 0 Å². The van der Waals surface area contributed by atoms with Crippen molar-refractivity contribution in [3.63, 3.8) is 0 Å². The first kappa shape index (κ1) is 27.8. The number of likely N-dealkylation sites (tertiary alicyclic amines) is 2. The van der Waals surface area contributed by atoms with Gasteiger partial charge < -0.3 is 9.47 Å². The molecule has 1 aromatic carbocycles. The SMILES string of the molecule is COc1ccc2nccc(C([C@H]3CN(c4ccc(C)c(F)c4)C(=O)O3)(N3CCCCCC3)N3CCCCCC3)c2n1. The first-order valence-electron chi connectivity index (χ1n) is 15.1. The molecule has 5 heterocycles. The molecule has 1 atom stereocenters. The molecule has 9 heteroatoms. The highest BCUT2D eigenvalue weighted by Gasteiger charge is 2.56. The Balaban J connectivity index is 1.56. The van der Waals surface area contributed by atoms with Crippen LogP contribution in [0.1, 0.15) is 62.5 Å². The maximum Gasteiger partial charge on any atom is 0.414 e. The summed E-state index contributed by atoms with van der Waals surface area (Å²) in [6.45, 7) is 5.58. The summed E-state index contributed by atoms with van der Waals surface area (Å²) >= 11 is 0. The number of benzene rings is 1. The van der Waals surface area contributed by atoms with Crippen LogP contribution in [0.15, 0.2) is 42.6 Å². The van der Waals surface area contributed by atoms with Crippen molar-refractivity contribution in [1.29, 1.82) is 0 Å². The largest absolute Gasteiger partial charge is 0.481 e. The topological polar surface area (TPSA) is 71.0 Å². The molecule has 218 valence electrons. The second-order valence-corrected chi connectivity index (χ2v) is 11.5. The molecule has 3 aliphatic heterocycles. The summed E-state index contributed by atoms with van der Waals surface area (Å²) in [5.41, 5.74) is 2.81. The summed E-state index contributed by atoms with van der Waals surface area (Å²) in [6, 6.07) is 10.8. The van der Waals surface area contributed by atoms with E-state index in [1.807, 2.05) is 18.3 Å². The minimum atomic E-state index is -0.775. The smallest absolute Gasteiger partial charge is 0.414 e. The quantitative estimate of drug-likeness (QED) is 0.365. The Hall–Kier alpha value is -3.30. The summed E-state index contributed by atoms with van der Waals surface area (Å²) in [6.07, 6.45) is 9.86. The molecule has 0 radical (unpaired) electrons. The number of hydrogen-bond acceptors (Lipinski definition) is 7. The van der Waals surface area contributed by atoms with Crippen molar-refractivity contribution in [2.24, 2.45) is 0 Å². The van der Waals surface area contributed by atoms with Crippen LogP contribution in [0.5, 0.6) is 5.88 Å². The highest BCUT2D eigenvalue weighted by atomic mass is 19.1. The molecule has 3 aromatic rings. The van der Waals surface area contributed by atoms with Gasteiger partial charge in [0, 0.05) is 44.0 Å². The normalized spacial score (nSPS) is 21.5. The lowest BCUT2D eigenvalue weighted by atomic mass is 9.87. The number of methoxy groups -OCH3 is 1. The predicted octanol–water partition coefficient (Wildman–Crippen LogP) is 6.02. The molecule has 0 N–H and O–H groups in total. The van der Waals surface area contributed by atoms with Crippen molar-refractivity contribution in [1.82, 2.24) is 19.8 Å². The van der Waals surface area contributed by atoms with Crippen LogP contribution in [0.25, 0.3) is 11.0 Å². The number of cyclic esters (lactones) is 1. The monoisotopic (exact) mass is 561 g/mol. The van der Waals surface area contributed by atoms with Crippen LogP contribution >= 0.6 is 0 Å². The lowest BCUT2D eigenvalue weighted by molar-refractivity contribution is -0.130. The van der Waals surface area contributed by atoms with Gasteiger partial charge in [-0.3, -0.25) is 19.7 Å². The third-order valence-corrected chi connectivity index (χ3v) is 9.07. The van der Waals surface area contributed by atoms with Gasteiger partial charge in [-0.05, 0) is 62.4 Å². The van der Waals surface area contributed by atoms with E-state index in [1.165, 1.54) is 31.7 Å². The maximum atomic E-state index is 14.7. The van der Waals surface area contributed by atoms with Gasteiger partial charge in [0.05, 0.1) is 30.4 Å². The van der Waals surface area contributed by atoms with Crippen molar-refractivity contribution in [3.8, 4) is 5.88 Å². The number of carbonyl (C=O) groups is 1. The number of rotatable bonds is 6. The molecule has 2 aromatic heterocycles. The van der Waals surface area contributed by atoms with E-state index >= 15 is 0 Å². The van der Waals surface area contributed by atoms with Crippen LogP contribution in [-0.4, -0.2) is 71.8 Å². The number of ether oxygens (including phenoxy) is 2. The van der Waals surface area contributed by atoms with E-state index in [-0.39, 0.29) is 5.82 Å². The average molecular weight is 562 g/mol. The third kappa shape index (κ3) is 5.14. The van der Waals surface area contributed by atoms with Crippen LogP contribution in [0, 0.1) is 12.7 Å². The fourth-order valence-corrected chi connectivity index (χ4v) is 7.00. The third-order valence-electron chi connectivity index (χ3n) is 9.07. The molecule has 1 amide bonds. The van der Waals surface area contributed by atoms with Crippen LogP contribution in [-0.2, 0) is 10.4 Å². The van der Waals surface area contributed by atoms with E-state index in [0.717, 1.165) is 68.5 Å². The Morgan fingerprint density at radius 2 is 1.59 bits per heavy atom. The average Bonchev–Trinajstić information content (AvgIpc) is 3.20. The number of nitrogens with zero attached hydrogens (tertiary/aromatic N) is 5. The molecule has 3 aliphatic rings. The van der Waals surface area contributed by atoms with E-state index in [1.54, 1.807) is 31.1 Å². The number of carbonyl (C=O) groups excluding carboxylic acids is 1. The van der Waals surface area contributed by atoms with Gasteiger partial charge in [0.15, 0.2) is 6.10 Å². The number of pyridine rings is 2. The zero-order chi connectivity index (χ0) is 28.4. The molecular weight excluding hydrogens is 521 g/mol. The number of hydrogen-bond donors (Lipinski definition) is 0. The minimum absolute atomic E-state index is 0.308. The molecule has 0 aliphatic carbocycles. The van der Waals surface area contributed by atoms with E-state index in [0.29, 0.717) is 23.7 Å². The number of aromatic nitrogens is 2. The second-order valence-electron chi connectivity index (χ2n) is 11.5.